The summed E-state index contributed by atoms with van der Waals surface area (Å²) in [6.07, 6.45) is 0. The van der Waals surface area contributed by atoms with Crippen LogP contribution in [0.2, 0.25) is 0 Å². The monoisotopic (exact) mass is 391 g/mol. The maximum absolute atomic E-state index is 13.8. The number of aliphatic hydroxyl groups is 1. The number of halogens is 1. The number of amides is 1. The van der Waals surface area contributed by atoms with E-state index in [4.69, 9.17) is 4.74 Å². The van der Waals surface area contributed by atoms with Crippen molar-refractivity contribution in [1.82, 2.24) is 0 Å². The molecule has 0 bridgehead atoms. The van der Waals surface area contributed by atoms with Gasteiger partial charge in [-0.2, -0.15) is 0 Å². The number of carbonyl (C=O) groups excluding carboxylic acids is 2. The smallest absolute Gasteiger partial charge is 0.337 e. The van der Waals surface area contributed by atoms with Gasteiger partial charge >= 0.3 is 5.97 Å². The van der Waals surface area contributed by atoms with Gasteiger partial charge in [0.1, 0.15) is 5.82 Å². The van der Waals surface area contributed by atoms with Crippen molar-refractivity contribution in [2.75, 3.05) is 12.0 Å². The van der Waals surface area contributed by atoms with E-state index < -0.39 is 23.3 Å². The Morgan fingerprint density at radius 1 is 1.07 bits per heavy atom. The molecular weight excluding hydrogens is 373 g/mol. The highest BCUT2D eigenvalue weighted by Gasteiger charge is 2.51. The average Bonchev–Trinajstić information content (AvgIpc) is 2.97. The molecule has 0 unspecified atom stereocenters. The summed E-state index contributed by atoms with van der Waals surface area (Å²) in [5.74, 6) is -1.53. The summed E-state index contributed by atoms with van der Waals surface area (Å²) in [5, 5.41) is 11.4. The molecule has 0 radical (unpaired) electrons. The van der Waals surface area contributed by atoms with E-state index in [2.05, 4.69) is 0 Å². The lowest BCUT2D eigenvalue weighted by Gasteiger charge is -2.24. The van der Waals surface area contributed by atoms with Gasteiger partial charge in [0.05, 0.1) is 24.9 Å². The summed E-state index contributed by atoms with van der Waals surface area (Å²) in [7, 11) is 1.31. The second-order valence-electron chi connectivity index (χ2n) is 6.82. The number of fused-ring (bicyclic) bond motifs is 1. The highest BCUT2D eigenvalue weighted by atomic mass is 19.1. The Kier molecular flexibility index (Phi) is 4.64. The van der Waals surface area contributed by atoms with E-state index in [1.165, 1.54) is 36.3 Å². The van der Waals surface area contributed by atoms with Crippen LogP contribution < -0.4 is 4.90 Å². The molecule has 146 valence electrons. The third kappa shape index (κ3) is 3.07. The quantitative estimate of drug-likeness (QED) is 0.693. The molecule has 6 heteroatoms. The fourth-order valence-electron chi connectivity index (χ4n) is 3.63. The van der Waals surface area contributed by atoms with Gasteiger partial charge in [0.15, 0.2) is 5.60 Å². The fraction of sp³-hybridized carbons (Fsp3) is 0.130. The molecule has 3 aromatic carbocycles. The number of nitrogens with zero attached hydrogens (tertiary/aromatic N) is 1. The zero-order valence-corrected chi connectivity index (χ0v) is 15.6. The van der Waals surface area contributed by atoms with Crippen LogP contribution in [-0.2, 0) is 21.7 Å². The molecule has 3 aromatic rings. The van der Waals surface area contributed by atoms with Gasteiger partial charge in [0, 0.05) is 11.1 Å². The van der Waals surface area contributed by atoms with Crippen LogP contribution >= 0.6 is 0 Å². The summed E-state index contributed by atoms with van der Waals surface area (Å²) in [6.45, 7) is 0.189. The first-order chi connectivity index (χ1) is 13.9. The highest BCUT2D eigenvalue weighted by Crippen LogP contribution is 2.45. The summed E-state index contributed by atoms with van der Waals surface area (Å²) in [5.41, 5.74) is 0.344. The largest absolute Gasteiger partial charge is 0.465 e. The van der Waals surface area contributed by atoms with Gasteiger partial charge in [0.25, 0.3) is 5.91 Å². The molecule has 1 aliphatic heterocycles. The van der Waals surface area contributed by atoms with Crippen LogP contribution in [0.3, 0.4) is 0 Å². The number of anilines is 1. The molecule has 1 atom stereocenters. The molecule has 1 amide bonds. The lowest BCUT2D eigenvalue weighted by atomic mass is 9.87. The molecule has 1 aliphatic rings. The van der Waals surface area contributed by atoms with Crippen molar-refractivity contribution < 1.29 is 23.8 Å². The molecule has 1 N–H and O–H groups in total. The van der Waals surface area contributed by atoms with E-state index in [1.807, 2.05) is 0 Å². The summed E-state index contributed by atoms with van der Waals surface area (Å²) in [4.78, 5) is 26.4. The van der Waals surface area contributed by atoms with Crippen LogP contribution in [0, 0.1) is 5.82 Å². The summed E-state index contributed by atoms with van der Waals surface area (Å²) < 4.78 is 18.5. The predicted octanol–water partition coefficient (Wildman–Crippen LogP) is 3.40. The molecule has 0 saturated carbocycles. The van der Waals surface area contributed by atoms with Crippen LogP contribution in [0.15, 0.2) is 72.8 Å². The maximum atomic E-state index is 13.8. The minimum atomic E-state index is -1.97. The number of carbonyl (C=O) groups is 2. The number of esters is 1. The molecular formula is C23H18FNO4. The second-order valence-corrected chi connectivity index (χ2v) is 6.82. The van der Waals surface area contributed by atoms with Gasteiger partial charge < -0.3 is 14.7 Å². The zero-order valence-electron chi connectivity index (χ0n) is 15.6. The Labute approximate surface area is 167 Å². The Morgan fingerprint density at radius 2 is 1.79 bits per heavy atom. The molecule has 0 spiro atoms. The number of hydrogen-bond donors (Lipinski definition) is 1. The van der Waals surface area contributed by atoms with E-state index >= 15 is 0 Å². The number of benzene rings is 3. The normalized spacial score (nSPS) is 17.9. The minimum Gasteiger partial charge on any atom is -0.465 e. The van der Waals surface area contributed by atoms with Crippen molar-refractivity contribution >= 4 is 17.6 Å². The fourth-order valence-corrected chi connectivity index (χ4v) is 3.63. The maximum Gasteiger partial charge on any atom is 0.337 e. The average molecular weight is 391 g/mol. The van der Waals surface area contributed by atoms with Gasteiger partial charge in [-0.1, -0.05) is 42.5 Å². The van der Waals surface area contributed by atoms with Crippen LogP contribution in [0.25, 0.3) is 0 Å². The molecule has 5 nitrogen and oxygen atoms in total. The van der Waals surface area contributed by atoms with Gasteiger partial charge in [-0.3, -0.25) is 4.79 Å². The van der Waals surface area contributed by atoms with E-state index in [1.54, 1.807) is 48.5 Å². The van der Waals surface area contributed by atoms with Crippen LogP contribution in [0.1, 0.15) is 27.0 Å². The number of para-hydroxylation sites is 1. The van der Waals surface area contributed by atoms with Crippen LogP contribution in [0.5, 0.6) is 0 Å². The molecule has 0 aromatic heterocycles. The van der Waals surface area contributed by atoms with E-state index in [0.29, 0.717) is 16.8 Å². The van der Waals surface area contributed by atoms with E-state index in [9.17, 15) is 19.1 Å². The first-order valence-electron chi connectivity index (χ1n) is 9.02. The highest BCUT2D eigenvalue weighted by molar-refractivity contribution is 6.09. The first kappa shape index (κ1) is 18.8. The lowest BCUT2D eigenvalue weighted by Crippen LogP contribution is -2.41. The standard InChI is InChI=1S/C23H18FNO4/c1-29-21(26)16-11-9-15(10-12-16)14-25-20-8-3-2-7-19(20)23(28,22(25)27)17-5-4-6-18(24)13-17/h2-13,28H,14H2,1H3/t23-/m1/s1. The Bertz CT molecular complexity index is 1100. The van der Waals surface area contributed by atoms with Crippen molar-refractivity contribution in [1.29, 1.82) is 0 Å². The number of methoxy groups -OCH3 is 1. The molecule has 29 heavy (non-hydrogen) atoms. The Hall–Kier alpha value is -3.51. The van der Waals surface area contributed by atoms with Crippen molar-refractivity contribution in [2.45, 2.75) is 12.1 Å². The third-order valence-corrected chi connectivity index (χ3v) is 5.10. The second kappa shape index (κ2) is 7.14. The number of hydrogen-bond acceptors (Lipinski definition) is 4. The molecule has 0 aliphatic carbocycles. The molecule has 4 rings (SSSR count). The van der Waals surface area contributed by atoms with E-state index in [0.717, 1.165) is 5.56 Å². The van der Waals surface area contributed by atoms with Gasteiger partial charge in [-0.25, -0.2) is 9.18 Å². The predicted molar refractivity (Wildman–Crippen MR) is 105 cm³/mol. The Morgan fingerprint density at radius 3 is 2.48 bits per heavy atom. The first-order valence-corrected chi connectivity index (χ1v) is 9.02. The molecule has 0 fully saturated rings. The lowest BCUT2D eigenvalue weighted by molar-refractivity contribution is -0.132. The molecule has 1 heterocycles. The summed E-state index contributed by atoms with van der Waals surface area (Å²) in [6, 6.07) is 19.0. The van der Waals surface area contributed by atoms with Crippen molar-refractivity contribution in [3.63, 3.8) is 0 Å². The van der Waals surface area contributed by atoms with Crippen molar-refractivity contribution in [3.8, 4) is 0 Å². The van der Waals surface area contributed by atoms with Gasteiger partial charge in [0.2, 0.25) is 0 Å². The van der Waals surface area contributed by atoms with Crippen molar-refractivity contribution in [2.24, 2.45) is 0 Å². The summed E-state index contributed by atoms with van der Waals surface area (Å²) >= 11 is 0. The van der Waals surface area contributed by atoms with Gasteiger partial charge in [-0.05, 0) is 35.9 Å². The van der Waals surface area contributed by atoms with Crippen LogP contribution in [0.4, 0.5) is 10.1 Å². The van der Waals surface area contributed by atoms with E-state index in [-0.39, 0.29) is 12.1 Å². The van der Waals surface area contributed by atoms with Gasteiger partial charge in [-0.15, -0.1) is 0 Å². The minimum absolute atomic E-state index is 0.179. The Balaban J connectivity index is 1.72. The number of rotatable bonds is 4. The topological polar surface area (TPSA) is 66.8 Å². The van der Waals surface area contributed by atoms with Crippen LogP contribution in [-0.4, -0.2) is 24.1 Å². The zero-order chi connectivity index (χ0) is 20.6. The number of ether oxygens (including phenoxy) is 1. The third-order valence-electron chi connectivity index (χ3n) is 5.10. The SMILES string of the molecule is COC(=O)c1ccc(CN2C(=O)[C@@](O)(c3cccc(F)c3)c3ccccc32)cc1. The molecule has 0 saturated heterocycles. The van der Waals surface area contributed by atoms with Crippen molar-refractivity contribution in [3.05, 3.63) is 101 Å².